The minimum absolute atomic E-state index is 0.00179. The quantitative estimate of drug-likeness (QED) is 0.662. The van der Waals surface area contributed by atoms with Crippen molar-refractivity contribution in [2.24, 2.45) is 5.92 Å². The summed E-state index contributed by atoms with van der Waals surface area (Å²) in [6.45, 7) is 1.42. The van der Waals surface area contributed by atoms with E-state index in [9.17, 15) is 9.59 Å². The van der Waals surface area contributed by atoms with Gasteiger partial charge in [-0.25, -0.2) is 4.98 Å². The van der Waals surface area contributed by atoms with Gasteiger partial charge >= 0.3 is 0 Å². The fourth-order valence-corrected chi connectivity index (χ4v) is 3.76. The molecule has 30 heavy (non-hydrogen) atoms. The van der Waals surface area contributed by atoms with Crippen LogP contribution in [0, 0.1) is 5.92 Å². The zero-order valence-electron chi connectivity index (χ0n) is 16.6. The van der Waals surface area contributed by atoms with Gasteiger partial charge in [0.1, 0.15) is 5.69 Å². The van der Waals surface area contributed by atoms with Crippen molar-refractivity contribution in [2.75, 3.05) is 19.6 Å². The average molecular weight is 400 g/mol. The molecule has 0 spiro atoms. The van der Waals surface area contributed by atoms with Crippen LogP contribution >= 0.6 is 0 Å². The summed E-state index contributed by atoms with van der Waals surface area (Å²) in [5.41, 5.74) is 2.79. The molecule has 152 valence electrons. The topological polar surface area (TPSA) is 75.2 Å². The molecular weight excluding hydrogens is 376 g/mol. The summed E-state index contributed by atoms with van der Waals surface area (Å²) >= 11 is 0. The van der Waals surface area contributed by atoms with E-state index in [0.717, 1.165) is 6.42 Å². The fraction of sp³-hybridized carbons (Fsp3) is 0.250. The Balaban J connectivity index is 1.29. The summed E-state index contributed by atoms with van der Waals surface area (Å²) in [5.74, 6) is -0.125. The molecule has 6 nitrogen and oxygen atoms in total. The van der Waals surface area contributed by atoms with E-state index in [2.05, 4.69) is 39.6 Å². The second kappa shape index (κ2) is 9.31. The number of rotatable bonds is 7. The van der Waals surface area contributed by atoms with Gasteiger partial charge in [0.05, 0.1) is 12.1 Å². The number of likely N-dealkylation sites (tertiary alicyclic amines) is 1. The number of aromatic nitrogens is 2. The van der Waals surface area contributed by atoms with Crippen molar-refractivity contribution in [3.8, 4) is 0 Å². The summed E-state index contributed by atoms with van der Waals surface area (Å²) in [4.78, 5) is 34.4. The molecule has 4 rings (SSSR count). The Labute approximate surface area is 176 Å². The number of hydrogen-bond donors (Lipinski definition) is 1. The molecule has 1 aliphatic heterocycles. The Morgan fingerprint density at radius 3 is 2.17 bits per heavy atom. The molecular formula is C24H24N4O2. The SMILES string of the molecule is O=C(NCCC(c1ccccc1)c1ccccc1)C1CN(C(=O)c2cnccn2)C1. The van der Waals surface area contributed by atoms with Crippen LogP contribution in [0.25, 0.3) is 0 Å². The van der Waals surface area contributed by atoms with E-state index < -0.39 is 0 Å². The second-order valence-electron chi connectivity index (χ2n) is 7.45. The molecule has 1 saturated heterocycles. The first kappa shape index (κ1) is 19.8. The Morgan fingerprint density at radius 1 is 0.967 bits per heavy atom. The molecule has 0 atom stereocenters. The highest BCUT2D eigenvalue weighted by Gasteiger charge is 2.36. The van der Waals surface area contributed by atoms with E-state index in [-0.39, 0.29) is 23.7 Å². The molecule has 6 heteroatoms. The molecule has 3 aromatic rings. The van der Waals surface area contributed by atoms with Crippen molar-refractivity contribution >= 4 is 11.8 Å². The lowest BCUT2D eigenvalue weighted by Gasteiger charge is -2.37. The summed E-state index contributed by atoms with van der Waals surface area (Å²) in [7, 11) is 0. The van der Waals surface area contributed by atoms with Gasteiger partial charge in [0.25, 0.3) is 5.91 Å². The third-order valence-electron chi connectivity index (χ3n) is 5.46. The predicted octanol–water partition coefficient (Wildman–Crippen LogP) is 2.89. The maximum Gasteiger partial charge on any atom is 0.274 e. The molecule has 2 heterocycles. The lowest BCUT2D eigenvalue weighted by atomic mass is 9.88. The summed E-state index contributed by atoms with van der Waals surface area (Å²) in [5, 5.41) is 3.05. The summed E-state index contributed by atoms with van der Waals surface area (Å²) in [6.07, 6.45) is 5.28. The minimum atomic E-state index is -0.180. The summed E-state index contributed by atoms with van der Waals surface area (Å²) < 4.78 is 0. The first-order valence-corrected chi connectivity index (χ1v) is 10.2. The highest BCUT2D eigenvalue weighted by Crippen LogP contribution is 2.27. The minimum Gasteiger partial charge on any atom is -0.356 e. The largest absolute Gasteiger partial charge is 0.356 e. The Kier molecular flexibility index (Phi) is 6.13. The molecule has 1 aromatic heterocycles. The van der Waals surface area contributed by atoms with Gasteiger partial charge in [-0.2, -0.15) is 0 Å². The number of carbonyl (C=O) groups is 2. The fourth-order valence-electron chi connectivity index (χ4n) is 3.76. The Bertz CT molecular complexity index is 934. The number of nitrogens with zero attached hydrogens (tertiary/aromatic N) is 3. The number of nitrogens with one attached hydrogen (secondary N) is 1. The molecule has 2 amide bonds. The van der Waals surface area contributed by atoms with E-state index >= 15 is 0 Å². The highest BCUT2D eigenvalue weighted by atomic mass is 16.2. The van der Waals surface area contributed by atoms with Gasteiger partial charge in [0.15, 0.2) is 0 Å². The van der Waals surface area contributed by atoms with Crippen LogP contribution in [0.3, 0.4) is 0 Å². The summed E-state index contributed by atoms with van der Waals surface area (Å²) in [6, 6.07) is 20.7. The van der Waals surface area contributed by atoms with Crippen LogP contribution in [0.1, 0.15) is 34.0 Å². The second-order valence-corrected chi connectivity index (χ2v) is 7.45. The lowest BCUT2D eigenvalue weighted by molar-refractivity contribution is -0.128. The molecule has 0 unspecified atom stereocenters. The third kappa shape index (κ3) is 4.54. The van der Waals surface area contributed by atoms with Crippen molar-refractivity contribution in [3.63, 3.8) is 0 Å². The van der Waals surface area contributed by atoms with Crippen molar-refractivity contribution < 1.29 is 9.59 Å². The molecule has 2 aromatic carbocycles. The Morgan fingerprint density at radius 2 is 1.60 bits per heavy atom. The predicted molar refractivity (Wildman–Crippen MR) is 114 cm³/mol. The van der Waals surface area contributed by atoms with Crippen LogP contribution in [0.5, 0.6) is 0 Å². The third-order valence-corrected chi connectivity index (χ3v) is 5.46. The maximum absolute atomic E-state index is 12.5. The molecule has 0 bridgehead atoms. The van der Waals surface area contributed by atoms with Crippen LogP contribution in [0.4, 0.5) is 0 Å². The monoisotopic (exact) mass is 400 g/mol. The van der Waals surface area contributed by atoms with Crippen LogP contribution in [0.2, 0.25) is 0 Å². The first-order valence-electron chi connectivity index (χ1n) is 10.2. The maximum atomic E-state index is 12.5. The van der Waals surface area contributed by atoms with Crippen molar-refractivity contribution in [2.45, 2.75) is 12.3 Å². The first-order chi connectivity index (χ1) is 14.7. The van der Waals surface area contributed by atoms with Crippen LogP contribution in [0.15, 0.2) is 79.3 Å². The zero-order chi connectivity index (χ0) is 20.8. The molecule has 0 aliphatic carbocycles. The van der Waals surface area contributed by atoms with Crippen molar-refractivity contribution in [3.05, 3.63) is 96.1 Å². The smallest absolute Gasteiger partial charge is 0.274 e. The number of benzene rings is 2. The van der Waals surface area contributed by atoms with Gasteiger partial charge in [-0.15, -0.1) is 0 Å². The van der Waals surface area contributed by atoms with Gasteiger partial charge < -0.3 is 10.2 Å². The Hall–Kier alpha value is -3.54. The van der Waals surface area contributed by atoms with Crippen LogP contribution in [-0.4, -0.2) is 46.3 Å². The molecule has 0 saturated carbocycles. The van der Waals surface area contributed by atoms with E-state index in [4.69, 9.17) is 0 Å². The van der Waals surface area contributed by atoms with Crippen molar-refractivity contribution in [1.82, 2.24) is 20.2 Å². The van der Waals surface area contributed by atoms with E-state index in [1.54, 1.807) is 4.90 Å². The molecule has 1 N–H and O–H groups in total. The van der Waals surface area contributed by atoms with E-state index in [1.165, 1.54) is 29.7 Å². The highest BCUT2D eigenvalue weighted by molar-refractivity contribution is 5.94. The normalized spacial score (nSPS) is 13.7. The molecule has 1 aliphatic rings. The molecule has 0 radical (unpaired) electrons. The molecule has 1 fully saturated rings. The van der Waals surface area contributed by atoms with Gasteiger partial charge in [-0.3, -0.25) is 14.6 Å². The van der Waals surface area contributed by atoms with Crippen LogP contribution < -0.4 is 5.32 Å². The van der Waals surface area contributed by atoms with Crippen LogP contribution in [-0.2, 0) is 4.79 Å². The van der Waals surface area contributed by atoms with E-state index in [0.29, 0.717) is 25.3 Å². The number of carbonyl (C=O) groups excluding carboxylic acids is 2. The standard InChI is InChI=1S/C24H24N4O2/c29-23(20-16-28(17-20)24(30)22-15-25-13-14-26-22)27-12-11-21(18-7-3-1-4-8-18)19-9-5-2-6-10-19/h1-10,13-15,20-21H,11-12,16-17H2,(H,27,29). The van der Waals surface area contributed by atoms with Gasteiger partial charge in [0, 0.05) is 37.9 Å². The van der Waals surface area contributed by atoms with Gasteiger partial charge in [-0.05, 0) is 17.5 Å². The average Bonchev–Trinajstić information content (AvgIpc) is 2.77. The zero-order valence-corrected chi connectivity index (χ0v) is 16.6. The van der Waals surface area contributed by atoms with Crippen molar-refractivity contribution in [1.29, 1.82) is 0 Å². The number of amides is 2. The van der Waals surface area contributed by atoms with E-state index in [1.807, 2.05) is 36.4 Å². The van der Waals surface area contributed by atoms with Gasteiger partial charge in [0.2, 0.25) is 5.91 Å². The lowest BCUT2D eigenvalue weighted by Crippen LogP contribution is -2.56. The van der Waals surface area contributed by atoms with Gasteiger partial charge in [-0.1, -0.05) is 60.7 Å². The number of hydrogen-bond acceptors (Lipinski definition) is 4.